The van der Waals surface area contributed by atoms with Gasteiger partial charge in [0, 0.05) is 5.56 Å². The summed E-state index contributed by atoms with van der Waals surface area (Å²) in [7, 11) is 0. The number of H-pyrrole nitrogens is 1. The fourth-order valence-electron chi connectivity index (χ4n) is 1.31. The van der Waals surface area contributed by atoms with Crippen molar-refractivity contribution in [2.45, 2.75) is 6.92 Å². The number of hydrogen-bond donors (Lipinski definition) is 2. The van der Waals surface area contributed by atoms with Gasteiger partial charge in [-0.1, -0.05) is 0 Å². The number of aromatic amines is 1. The minimum Gasteiger partial charge on any atom is -0.463 e. The first-order valence-corrected chi connectivity index (χ1v) is 5.41. The van der Waals surface area contributed by atoms with Gasteiger partial charge in [0.2, 0.25) is 5.95 Å². The number of nitrogens with one attached hydrogen (secondary N) is 2. The zero-order chi connectivity index (χ0) is 13.8. The minimum atomic E-state index is -1.10. The standard InChI is InChI=1S/C11H10F2N4O2/c1-2-19-11-15-10(16-17-11)14-9(18)6-3-4-7(12)8(13)5-6/h3-5H,2H2,1H3,(H2,14,15,16,17,18). The zero-order valence-corrected chi connectivity index (χ0v) is 9.91. The lowest BCUT2D eigenvalue weighted by atomic mass is 10.2. The predicted molar refractivity (Wildman–Crippen MR) is 61.9 cm³/mol. The molecule has 1 aromatic heterocycles. The number of rotatable bonds is 4. The average Bonchev–Trinajstić information content (AvgIpc) is 2.80. The highest BCUT2D eigenvalue weighted by atomic mass is 19.2. The van der Waals surface area contributed by atoms with Crippen LogP contribution in [0.1, 0.15) is 17.3 Å². The Kier molecular flexibility index (Phi) is 3.69. The molecule has 1 amide bonds. The van der Waals surface area contributed by atoms with Crippen LogP contribution in [-0.2, 0) is 0 Å². The number of carbonyl (C=O) groups excluding carboxylic acids is 1. The summed E-state index contributed by atoms with van der Waals surface area (Å²) in [6.45, 7) is 2.14. The summed E-state index contributed by atoms with van der Waals surface area (Å²) in [6, 6.07) is 2.91. The number of amides is 1. The fraction of sp³-hybridized carbons (Fsp3) is 0.182. The Morgan fingerprint density at radius 3 is 2.89 bits per heavy atom. The normalized spacial score (nSPS) is 10.3. The Morgan fingerprint density at radius 1 is 1.42 bits per heavy atom. The molecule has 2 N–H and O–H groups in total. The first-order chi connectivity index (χ1) is 9.10. The van der Waals surface area contributed by atoms with E-state index in [2.05, 4.69) is 20.5 Å². The van der Waals surface area contributed by atoms with E-state index in [0.717, 1.165) is 18.2 Å². The second kappa shape index (κ2) is 5.42. The van der Waals surface area contributed by atoms with Gasteiger partial charge in [-0.2, -0.15) is 4.98 Å². The molecule has 0 aliphatic carbocycles. The van der Waals surface area contributed by atoms with Gasteiger partial charge in [-0.3, -0.25) is 10.1 Å². The first-order valence-electron chi connectivity index (χ1n) is 5.41. The molecular formula is C11H10F2N4O2. The van der Waals surface area contributed by atoms with Gasteiger partial charge < -0.3 is 4.74 Å². The van der Waals surface area contributed by atoms with Gasteiger partial charge in [-0.15, -0.1) is 5.10 Å². The number of aromatic nitrogens is 3. The lowest BCUT2D eigenvalue weighted by molar-refractivity contribution is 0.102. The summed E-state index contributed by atoms with van der Waals surface area (Å²) in [5.74, 6) is -2.70. The lowest BCUT2D eigenvalue weighted by Gasteiger charge is -2.01. The molecule has 8 heteroatoms. The molecule has 0 saturated carbocycles. The topological polar surface area (TPSA) is 79.9 Å². The van der Waals surface area contributed by atoms with Crippen LogP contribution in [0.5, 0.6) is 6.01 Å². The quantitative estimate of drug-likeness (QED) is 0.885. The minimum absolute atomic E-state index is 0.0340. The maximum atomic E-state index is 13.0. The smallest absolute Gasteiger partial charge is 0.337 e. The van der Waals surface area contributed by atoms with Crippen molar-refractivity contribution in [3.8, 4) is 6.01 Å². The van der Waals surface area contributed by atoms with Crippen LogP contribution in [0, 0.1) is 11.6 Å². The Hall–Kier alpha value is -2.51. The summed E-state index contributed by atoms with van der Waals surface area (Å²) in [6.07, 6.45) is 0. The number of carbonyl (C=O) groups is 1. The molecule has 0 saturated heterocycles. The largest absolute Gasteiger partial charge is 0.463 e. The second-order valence-corrected chi connectivity index (χ2v) is 3.48. The van der Waals surface area contributed by atoms with Crippen molar-refractivity contribution in [2.24, 2.45) is 0 Å². The third-order valence-electron chi connectivity index (χ3n) is 2.15. The number of hydrogen-bond acceptors (Lipinski definition) is 4. The second-order valence-electron chi connectivity index (χ2n) is 3.48. The summed E-state index contributed by atoms with van der Waals surface area (Å²) < 4.78 is 30.7. The molecule has 0 aliphatic heterocycles. The van der Waals surface area contributed by atoms with Crippen LogP contribution in [0.3, 0.4) is 0 Å². The van der Waals surface area contributed by atoms with Crippen molar-refractivity contribution in [3.63, 3.8) is 0 Å². The Balaban J connectivity index is 2.09. The zero-order valence-electron chi connectivity index (χ0n) is 9.91. The van der Waals surface area contributed by atoms with E-state index in [1.54, 1.807) is 6.92 Å². The highest BCUT2D eigenvalue weighted by molar-refractivity contribution is 6.03. The molecule has 0 spiro atoms. The maximum absolute atomic E-state index is 13.0. The number of ether oxygens (including phenoxy) is 1. The van der Waals surface area contributed by atoms with Crippen LogP contribution in [0.25, 0.3) is 0 Å². The molecule has 0 unspecified atom stereocenters. The van der Waals surface area contributed by atoms with E-state index in [9.17, 15) is 13.6 Å². The fourth-order valence-corrected chi connectivity index (χ4v) is 1.31. The van der Waals surface area contributed by atoms with E-state index < -0.39 is 17.5 Å². The van der Waals surface area contributed by atoms with Gasteiger partial charge in [-0.25, -0.2) is 13.9 Å². The molecule has 0 aliphatic rings. The van der Waals surface area contributed by atoms with Crippen molar-refractivity contribution >= 4 is 11.9 Å². The Labute approximate surface area is 106 Å². The van der Waals surface area contributed by atoms with Crippen molar-refractivity contribution in [1.82, 2.24) is 15.2 Å². The van der Waals surface area contributed by atoms with Crippen LogP contribution in [0.4, 0.5) is 14.7 Å². The Bertz CT molecular complexity index is 600. The molecule has 6 nitrogen and oxygen atoms in total. The van der Waals surface area contributed by atoms with Crippen LogP contribution < -0.4 is 10.1 Å². The molecule has 100 valence electrons. The average molecular weight is 268 g/mol. The van der Waals surface area contributed by atoms with Crippen molar-refractivity contribution < 1.29 is 18.3 Å². The van der Waals surface area contributed by atoms with E-state index in [4.69, 9.17) is 4.74 Å². The van der Waals surface area contributed by atoms with Crippen molar-refractivity contribution in [2.75, 3.05) is 11.9 Å². The summed E-state index contributed by atoms with van der Waals surface area (Å²) in [4.78, 5) is 15.5. The molecule has 0 atom stereocenters. The van der Waals surface area contributed by atoms with E-state index in [-0.39, 0.29) is 17.5 Å². The molecule has 2 rings (SSSR count). The monoisotopic (exact) mass is 268 g/mol. The van der Waals surface area contributed by atoms with Crippen LogP contribution >= 0.6 is 0 Å². The Morgan fingerprint density at radius 2 is 2.21 bits per heavy atom. The van der Waals surface area contributed by atoms with Gasteiger partial charge in [-0.05, 0) is 25.1 Å². The number of anilines is 1. The number of benzene rings is 1. The van der Waals surface area contributed by atoms with Gasteiger partial charge in [0.1, 0.15) is 0 Å². The molecular weight excluding hydrogens is 258 g/mol. The third-order valence-corrected chi connectivity index (χ3v) is 2.15. The lowest BCUT2D eigenvalue weighted by Crippen LogP contribution is -2.13. The first kappa shape index (κ1) is 12.9. The molecule has 19 heavy (non-hydrogen) atoms. The van der Waals surface area contributed by atoms with Gasteiger partial charge in [0.05, 0.1) is 6.61 Å². The van der Waals surface area contributed by atoms with E-state index in [1.165, 1.54) is 0 Å². The van der Waals surface area contributed by atoms with E-state index >= 15 is 0 Å². The third kappa shape index (κ3) is 3.03. The van der Waals surface area contributed by atoms with Crippen LogP contribution in [0.15, 0.2) is 18.2 Å². The summed E-state index contributed by atoms with van der Waals surface area (Å²) in [5, 5.41) is 8.46. The van der Waals surface area contributed by atoms with E-state index in [0.29, 0.717) is 6.61 Å². The molecule has 0 bridgehead atoms. The van der Waals surface area contributed by atoms with E-state index in [1.807, 2.05) is 0 Å². The molecule has 1 aromatic carbocycles. The van der Waals surface area contributed by atoms with Gasteiger partial charge >= 0.3 is 6.01 Å². The molecule has 0 fully saturated rings. The predicted octanol–water partition coefficient (Wildman–Crippen LogP) is 1.73. The molecule has 0 radical (unpaired) electrons. The van der Waals surface area contributed by atoms with Crippen molar-refractivity contribution in [3.05, 3.63) is 35.4 Å². The maximum Gasteiger partial charge on any atom is 0.337 e. The highest BCUT2D eigenvalue weighted by Crippen LogP contribution is 2.11. The highest BCUT2D eigenvalue weighted by Gasteiger charge is 2.12. The van der Waals surface area contributed by atoms with Gasteiger partial charge in [0.25, 0.3) is 5.91 Å². The number of halogens is 2. The molecule has 2 aromatic rings. The molecule has 1 heterocycles. The van der Waals surface area contributed by atoms with Crippen molar-refractivity contribution in [1.29, 1.82) is 0 Å². The number of nitrogens with zero attached hydrogens (tertiary/aromatic N) is 2. The van der Waals surface area contributed by atoms with Gasteiger partial charge in [0.15, 0.2) is 11.6 Å². The summed E-state index contributed by atoms with van der Waals surface area (Å²) >= 11 is 0. The SMILES string of the molecule is CCOc1n[nH]c(NC(=O)c2ccc(F)c(F)c2)n1. The van der Waals surface area contributed by atoms with Crippen LogP contribution in [0.2, 0.25) is 0 Å². The summed E-state index contributed by atoms with van der Waals surface area (Å²) in [5.41, 5.74) is -0.0340. The van der Waals surface area contributed by atoms with Crippen LogP contribution in [-0.4, -0.2) is 27.7 Å².